The van der Waals surface area contributed by atoms with Crippen LogP contribution in [0.15, 0.2) is 72.8 Å². The van der Waals surface area contributed by atoms with Crippen LogP contribution in [0.3, 0.4) is 0 Å². The zero-order valence-electron chi connectivity index (χ0n) is 18.3. The van der Waals surface area contributed by atoms with E-state index in [-0.39, 0.29) is 18.6 Å². The van der Waals surface area contributed by atoms with Gasteiger partial charge in [-0.2, -0.15) is 13.2 Å². The molecule has 33 heavy (non-hydrogen) atoms. The van der Waals surface area contributed by atoms with Crippen molar-refractivity contribution in [2.24, 2.45) is 0 Å². The number of carbonyl (C=O) groups excluding carboxylic acids is 1. The maximum absolute atomic E-state index is 13.1. The van der Waals surface area contributed by atoms with Crippen molar-refractivity contribution in [1.29, 1.82) is 0 Å². The van der Waals surface area contributed by atoms with E-state index in [0.717, 1.165) is 23.3 Å². The normalized spacial score (nSPS) is 14.4. The Kier molecular flexibility index (Phi) is 6.31. The van der Waals surface area contributed by atoms with Gasteiger partial charge in [0.15, 0.2) is 0 Å². The van der Waals surface area contributed by atoms with Crippen molar-refractivity contribution in [1.82, 2.24) is 4.90 Å². The molecule has 0 radical (unpaired) electrons. The van der Waals surface area contributed by atoms with Gasteiger partial charge >= 0.3 is 6.18 Å². The number of hydrogen-bond donors (Lipinski definition) is 0. The van der Waals surface area contributed by atoms with E-state index in [0.29, 0.717) is 23.6 Å². The van der Waals surface area contributed by atoms with Crippen LogP contribution in [0.4, 0.5) is 13.2 Å². The molecule has 7 heteroatoms. The number of amides is 1. The molecule has 4 rings (SSSR count). The standard InChI is InChI=1S/C26H24F3NO3/c1-17(2)33-22-11-7-18(8-12-22)24(30-15-19-5-3-4-6-23(19)25(30)31)16-32-21-13-9-20(10-14-21)26(27,28)29/h3-14,17,24H,15-16H2,1-2H3. The van der Waals surface area contributed by atoms with Gasteiger partial charge in [-0.15, -0.1) is 0 Å². The fraction of sp³-hybridized carbons (Fsp3) is 0.269. The van der Waals surface area contributed by atoms with Crippen LogP contribution in [0, 0.1) is 0 Å². The van der Waals surface area contributed by atoms with Crippen LogP contribution in [-0.4, -0.2) is 23.5 Å². The first kappa shape index (κ1) is 22.7. The third-order valence-corrected chi connectivity index (χ3v) is 5.45. The average molecular weight is 455 g/mol. The monoisotopic (exact) mass is 455 g/mol. The molecule has 172 valence electrons. The lowest BCUT2D eigenvalue weighted by Crippen LogP contribution is -2.33. The van der Waals surface area contributed by atoms with E-state index >= 15 is 0 Å². The molecule has 3 aromatic carbocycles. The molecule has 0 spiro atoms. The van der Waals surface area contributed by atoms with Crippen molar-refractivity contribution in [3.05, 3.63) is 95.1 Å². The zero-order valence-corrected chi connectivity index (χ0v) is 18.3. The SMILES string of the molecule is CC(C)Oc1ccc(C(COc2ccc(C(F)(F)F)cc2)N2Cc3ccccc3C2=O)cc1. The van der Waals surface area contributed by atoms with E-state index in [9.17, 15) is 18.0 Å². The van der Waals surface area contributed by atoms with Gasteiger partial charge in [0.05, 0.1) is 17.7 Å². The quantitative estimate of drug-likeness (QED) is 0.422. The molecule has 0 aromatic heterocycles. The summed E-state index contributed by atoms with van der Waals surface area (Å²) >= 11 is 0. The third-order valence-electron chi connectivity index (χ3n) is 5.45. The minimum absolute atomic E-state index is 0.0318. The molecule has 4 nitrogen and oxygen atoms in total. The van der Waals surface area contributed by atoms with Crippen LogP contribution >= 0.6 is 0 Å². The number of carbonyl (C=O) groups is 1. The van der Waals surface area contributed by atoms with Gasteiger partial charge in [-0.25, -0.2) is 0 Å². The molecule has 0 aliphatic carbocycles. The van der Waals surface area contributed by atoms with Crippen LogP contribution in [0.5, 0.6) is 11.5 Å². The Balaban J connectivity index is 1.57. The van der Waals surface area contributed by atoms with Crippen LogP contribution in [0.2, 0.25) is 0 Å². The second kappa shape index (κ2) is 9.17. The Labute approximate surface area is 190 Å². The Hall–Kier alpha value is -3.48. The summed E-state index contributed by atoms with van der Waals surface area (Å²) in [5.74, 6) is 0.915. The largest absolute Gasteiger partial charge is 0.491 e. The van der Waals surface area contributed by atoms with E-state index in [2.05, 4.69) is 0 Å². The molecule has 1 amide bonds. The van der Waals surface area contributed by atoms with E-state index in [1.165, 1.54) is 12.1 Å². The van der Waals surface area contributed by atoms with Gasteiger partial charge in [-0.05, 0) is 67.4 Å². The van der Waals surface area contributed by atoms with Gasteiger partial charge in [0.25, 0.3) is 5.91 Å². The number of rotatable bonds is 7. The number of alkyl halides is 3. The molecule has 1 aliphatic rings. The Bertz CT molecular complexity index is 1110. The summed E-state index contributed by atoms with van der Waals surface area (Å²) in [4.78, 5) is 14.8. The third kappa shape index (κ3) is 5.13. The smallest absolute Gasteiger partial charge is 0.416 e. The highest BCUT2D eigenvalue weighted by molar-refractivity contribution is 5.98. The van der Waals surface area contributed by atoms with Gasteiger partial charge in [-0.1, -0.05) is 30.3 Å². The Morgan fingerprint density at radius 1 is 0.909 bits per heavy atom. The van der Waals surface area contributed by atoms with Crippen molar-refractivity contribution in [2.75, 3.05) is 6.61 Å². The summed E-state index contributed by atoms with van der Waals surface area (Å²) in [6.45, 7) is 4.40. The van der Waals surface area contributed by atoms with Crippen molar-refractivity contribution in [2.45, 2.75) is 38.7 Å². The molecule has 0 saturated heterocycles. The minimum Gasteiger partial charge on any atom is -0.491 e. The van der Waals surface area contributed by atoms with Gasteiger partial charge < -0.3 is 14.4 Å². The topological polar surface area (TPSA) is 38.8 Å². The summed E-state index contributed by atoms with van der Waals surface area (Å²) in [6, 6.07) is 19.0. The molecule has 1 aliphatic heterocycles. The van der Waals surface area contributed by atoms with E-state index in [4.69, 9.17) is 9.47 Å². The fourth-order valence-electron chi connectivity index (χ4n) is 3.85. The van der Waals surface area contributed by atoms with Crippen molar-refractivity contribution in [3.63, 3.8) is 0 Å². The number of halogens is 3. The van der Waals surface area contributed by atoms with Crippen LogP contribution in [0.25, 0.3) is 0 Å². The molecule has 0 saturated carbocycles. The summed E-state index contributed by atoms with van der Waals surface area (Å²) < 4.78 is 50.1. The highest BCUT2D eigenvalue weighted by Gasteiger charge is 2.34. The van der Waals surface area contributed by atoms with Crippen LogP contribution < -0.4 is 9.47 Å². The molecule has 0 bridgehead atoms. The summed E-state index contributed by atoms with van der Waals surface area (Å²) in [5.41, 5.74) is 1.69. The van der Waals surface area contributed by atoms with Gasteiger partial charge in [0.1, 0.15) is 18.1 Å². The molecule has 3 aromatic rings. The predicted octanol–water partition coefficient (Wildman–Crippen LogP) is 6.27. The molecular formula is C26H24F3NO3. The van der Waals surface area contributed by atoms with Crippen molar-refractivity contribution in [3.8, 4) is 11.5 Å². The Morgan fingerprint density at radius 2 is 1.55 bits per heavy atom. The Morgan fingerprint density at radius 3 is 2.15 bits per heavy atom. The fourth-order valence-corrected chi connectivity index (χ4v) is 3.85. The number of hydrogen-bond acceptors (Lipinski definition) is 3. The lowest BCUT2D eigenvalue weighted by atomic mass is 10.1. The molecular weight excluding hydrogens is 431 g/mol. The highest BCUT2D eigenvalue weighted by Crippen LogP contribution is 2.34. The number of fused-ring (bicyclic) bond motifs is 1. The first-order valence-corrected chi connectivity index (χ1v) is 10.7. The molecule has 0 fully saturated rings. The van der Waals surface area contributed by atoms with Gasteiger partial charge in [0, 0.05) is 12.1 Å². The molecule has 1 heterocycles. The first-order chi connectivity index (χ1) is 15.7. The maximum Gasteiger partial charge on any atom is 0.416 e. The van der Waals surface area contributed by atoms with Crippen LogP contribution in [0.1, 0.15) is 46.9 Å². The molecule has 1 unspecified atom stereocenters. The lowest BCUT2D eigenvalue weighted by Gasteiger charge is -2.28. The van der Waals surface area contributed by atoms with Gasteiger partial charge in [0.2, 0.25) is 0 Å². The van der Waals surface area contributed by atoms with E-state index in [1.54, 1.807) is 11.0 Å². The van der Waals surface area contributed by atoms with Crippen molar-refractivity contribution < 1.29 is 27.4 Å². The molecule has 0 N–H and O–H groups in total. The molecule has 1 atom stereocenters. The number of ether oxygens (including phenoxy) is 2. The maximum atomic E-state index is 13.1. The van der Waals surface area contributed by atoms with E-state index < -0.39 is 17.8 Å². The number of benzene rings is 3. The first-order valence-electron chi connectivity index (χ1n) is 10.7. The lowest BCUT2D eigenvalue weighted by molar-refractivity contribution is -0.137. The van der Waals surface area contributed by atoms with E-state index in [1.807, 2.05) is 56.3 Å². The summed E-state index contributed by atoms with van der Waals surface area (Å²) in [7, 11) is 0. The predicted molar refractivity (Wildman–Crippen MR) is 118 cm³/mol. The van der Waals surface area contributed by atoms with Crippen LogP contribution in [-0.2, 0) is 12.7 Å². The average Bonchev–Trinajstić information content (AvgIpc) is 3.11. The van der Waals surface area contributed by atoms with Gasteiger partial charge in [-0.3, -0.25) is 4.79 Å². The summed E-state index contributed by atoms with van der Waals surface area (Å²) in [6.07, 6.45) is -4.38. The minimum atomic E-state index is -4.41. The van der Waals surface area contributed by atoms with Crippen molar-refractivity contribution >= 4 is 5.91 Å². The summed E-state index contributed by atoms with van der Waals surface area (Å²) in [5, 5.41) is 0. The second-order valence-electron chi connectivity index (χ2n) is 8.17. The number of nitrogens with zero attached hydrogens (tertiary/aromatic N) is 1. The zero-order chi connectivity index (χ0) is 23.6. The highest BCUT2D eigenvalue weighted by atomic mass is 19.4. The second-order valence-corrected chi connectivity index (χ2v) is 8.17.